The third kappa shape index (κ3) is 8.27. The number of halogens is 3. The molecule has 1 N–H and O–H groups in total. The molecule has 2 heterocycles. The van der Waals surface area contributed by atoms with E-state index < -0.39 is 64.1 Å². The Kier molecular flexibility index (Phi) is 11.0. The summed E-state index contributed by atoms with van der Waals surface area (Å²) >= 11 is 0. The summed E-state index contributed by atoms with van der Waals surface area (Å²) in [5.74, 6) is -1.89. The SMILES string of the molecule is CC(=O)O[C@@H]1[C@H](O)[C@@H](C)C(C)O[C@H]1C.CC(=O)O[C@@H]1[C@H](OS(=O)(=O)C(F)(F)F)[C@@H](C)C(C)O[C@H]1C. The summed E-state index contributed by atoms with van der Waals surface area (Å²) < 4.78 is 84.9. The van der Waals surface area contributed by atoms with Gasteiger partial charge in [0.25, 0.3) is 0 Å². The molecule has 10 nitrogen and oxygen atoms in total. The minimum atomic E-state index is -5.79. The Morgan fingerprint density at radius 3 is 1.57 bits per heavy atom. The number of aliphatic hydroxyl groups is 1. The van der Waals surface area contributed by atoms with E-state index in [4.69, 9.17) is 18.9 Å². The van der Waals surface area contributed by atoms with Crippen molar-refractivity contribution < 1.29 is 59.4 Å². The van der Waals surface area contributed by atoms with E-state index in [1.165, 1.54) is 20.8 Å². The third-order valence-electron chi connectivity index (χ3n) is 6.11. The number of alkyl halides is 3. The molecule has 206 valence electrons. The average molecular weight is 537 g/mol. The Bertz CT molecular complexity index is 834. The lowest BCUT2D eigenvalue weighted by Crippen LogP contribution is -2.55. The number of carbonyl (C=O) groups excluding carboxylic acids is 2. The maximum atomic E-state index is 12.4. The summed E-state index contributed by atoms with van der Waals surface area (Å²) in [6.45, 7) is 12.5. The maximum Gasteiger partial charge on any atom is 0.523 e. The second-order valence-corrected chi connectivity index (χ2v) is 10.5. The van der Waals surface area contributed by atoms with Crippen LogP contribution in [0.4, 0.5) is 13.2 Å². The molecule has 0 amide bonds. The van der Waals surface area contributed by atoms with Crippen LogP contribution in [-0.2, 0) is 42.8 Å². The van der Waals surface area contributed by atoms with Gasteiger partial charge in [-0.25, -0.2) is 0 Å². The fourth-order valence-corrected chi connectivity index (χ4v) is 4.51. The fraction of sp³-hybridized carbons (Fsp3) is 0.905. The highest BCUT2D eigenvalue weighted by molar-refractivity contribution is 7.87. The van der Waals surface area contributed by atoms with Gasteiger partial charge in [0.05, 0.1) is 30.5 Å². The highest BCUT2D eigenvalue weighted by atomic mass is 32.2. The van der Waals surface area contributed by atoms with Crippen molar-refractivity contribution in [2.75, 3.05) is 0 Å². The van der Waals surface area contributed by atoms with Crippen molar-refractivity contribution >= 4 is 22.1 Å². The van der Waals surface area contributed by atoms with E-state index in [1.807, 2.05) is 13.8 Å². The number of ether oxygens (including phenoxy) is 4. The molecule has 0 aliphatic carbocycles. The van der Waals surface area contributed by atoms with Crippen LogP contribution < -0.4 is 0 Å². The highest BCUT2D eigenvalue weighted by Crippen LogP contribution is 2.34. The van der Waals surface area contributed by atoms with Gasteiger partial charge < -0.3 is 24.1 Å². The second-order valence-electron chi connectivity index (χ2n) is 8.91. The molecule has 0 saturated carbocycles. The summed E-state index contributed by atoms with van der Waals surface area (Å²) in [7, 11) is -5.79. The average Bonchev–Trinajstić information content (AvgIpc) is 2.69. The van der Waals surface area contributed by atoms with E-state index in [-0.39, 0.29) is 24.1 Å². The number of hydrogen-bond acceptors (Lipinski definition) is 10. The molecule has 10 atom stereocenters. The van der Waals surface area contributed by atoms with Crippen molar-refractivity contribution in [1.82, 2.24) is 0 Å². The predicted molar refractivity (Wildman–Crippen MR) is 115 cm³/mol. The molecule has 0 radical (unpaired) electrons. The van der Waals surface area contributed by atoms with Gasteiger partial charge in [-0.2, -0.15) is 21.6 Å². The van der Waals surface area contributed by atoms with Crippen LogP contribution in [0.15, 0.2) is 0 Å². The Morgan fingerprint density at radius 1 is 0.743 bits per heavy atom. The smallest absolute Gasteiger partial charge is 0.457 e. The van der Waals surface area contributed by atoms with Crippen LogP contribution in [0.25, 0.3) is 0 Å². The molecule has 2 aliphatic heterocycles. The molecule has 2 aliphatic rings. The lowest BCUT2D eigenvalue weighted by Gasteiger charge is -2.42. The van der Waals surface area contributed by atoms with Crippen LogP contribution in [-0.4, -0.2) is 79.8 Å². The standard InChI is InChI=1S/C11H17F3O6S.C10H18O4/c1-5-6(2)18-7(3)10(19-8(4)15)9(5)20-21(16,17)11(12,13)14;1-5-6(2)13-7(3)10(9(5)12)14-8(4)11/h5-7,9-10H,1-4H3;5-7,9-10,12H,1-4H3/t2*5-,6?,7-,9+,10-/m00/s1. The van der Waals surface area contributed by atoms with Crippen LogP contribution in [0.2, 0.25) is 0 Å². The summed E-state index contributed by atoms with van der Waals surface area (Å²) in [6, 6.07) is 0. The van der Waals surface area contributed by atoms with Crippen LogP contribution in [0.5, 0.6) is 0 Å². The zero-order valence-electron chi connectivity index (χ0n) is 20.9. The first kappa shape index (κ1) is 31.5. The quantitative estimate of drug-likeness (QED) is 0.324. The maximum absolute atomic E-state index is 12.4. The normalized spacial score (nSPS) is 38.1. The summed E-state index contributed by atoms with van der Waals surface area (Å²) in [5.41, 5.74) is -5.54. The Hall–Kier alpha value is -1.48. The molecule has 2 saturated heterocycles. The number of rotatable bonds is 4. The molecule has 0 aromatic carbocycles. The largest absolute Gasteiger partial charge is 0.523 e. The van der Waals surface area contributed by atoms with Gasteiger partial charge in [-0.15, -0.1) is 0 Å². The van der Waals surface area contributed by atoms with Crippen molar-refractivity contribution in [2.24, 2.45) is 11.8 Å². The van der Waals surface area contributed by atoms with Gasteiger partial charge in [0, 0.05) is 25.7 Å². The molecule has 2 rings (SSSR count). The molecule has 0 bridgehead atoms. The van der Waals surface area contributed by atoms with E-state index in [9.17, 15) is 36.3 Å². The lowest BCUT2D eigenvalue weighted by atomic mass is 9.89. The van der Waals surface area contributed by atoms with Crippen molar-refractivity contribution in [3.8, 4) is 0 Å². The van der Waals surface area contributed by atoms with Crippen LogP contribution in [0.3, 0.4) is 0 Å². The monoisotopic (exact) mass is 536 g/mol. The summed E-state index contributed by atoms with van der Waals surface area (Å²) in [6.07, 6.45) is -5.51. The van der Waals surface area contributed by atoms with Crippen LogP contribution in [0, 0.1) is 11.8 Å². The first-order chi connectivity index (χ1) is 15.8. The van der Waals surface area contributed by atoms with Gasteiger partial charge in [0.15, 0.2) is 12.2 Å². The second kappa shape index (κ2) is 12.2. The fourth-order valence-electron chi connectivity index (χ4n) is 3.82. The topological polar surface area (TPSA) is 135 Å². The van der Waals surface area contributed by atoms with Crippen molar-refractivity contribution in [1.29, 1.82) is 0 Å². The van der Waals surface area contributed by atoms with Gasteiger partial charge in [-0.1, -0.05) is 13.8 Å². The van der Waals surface area contributed by atoms with Gasteiger partial charge in [0.2, 0.25) is 0 Å². The zero-order valence-corrected chi connectivity index (χ0v) is 21.8. The molecule has 2 unspecified atom stereocenters. The van der Waals surface area contributed by atoms with Crippen LogP contribution in [0.1, 0.15) is 55.4 Å². The molecule has 0 aromatic rings. The number of carbonyl (C=O) groups is 2. The third-order valence-corrected chi connectivity index (χ3v) is 7.15. The van der Waals surface area contributed by atoms with Gasteiger partial charge in [-0.3, -0.25) is 13.8 Å². The number of esters is 2. The first-order valence-electron chi connectivity index (χ1n) is 11.1. The van der Waals surface area contributed by atoms with E-state index in [1.54, 1.807) is 13.8 Å². The molecule has 0 spiro atoms. The van der Waals surface area contributed by atoms with E-state index in [2.05, 4.69) is 4.18 Å². The Balaban J connectivity index is 0.000000379. The van der Waals surface area contributed by atoms with Crippen molar-refractivity contribution in [3.63, 3.8) is 0 Å². The van der Waals surface area contributed by atoms with E-state index in [0.717, 1.165) is 6.92 Å². The number of aliphatic hydroxyl groups excluding tert-OH is 1. The summed E-state index contributed by atoms with van der Waals surface area (Å²) in [5, 5.41) is 9.87. The minimum Gasteiger partial charge on any atom is -0.457 e. The van der Waals surface area contributed by atoms with Crippen molar-refractivity contribution in [2.45, 2.75) is 110 Å². The Morgan fingerprint density at radius 2 is 1.14 bits per heavy atom. The molecular weight excluding hydrogens is 501 g/mol. The zero-order chi connectivity index (χ0) is 27.5. The molecule has 14 heteroatoms. The van der Waals surface area contributed by atoms with Gasteiger partial charge in [-0.05, 0) is 27.7 Å². The van der Waals surface area contributed by atoms with Gasteiger partial charge >= 0.3 is 27.6 Å². The molecular formula is C21H35F3O10S. The Labute approximate surface area is 203 Å². The predicted octanol–water partition coefficient (Wildman–Crippen LogP) is 2.32. The first-order valence-corrected chi connectivity index (χ1v) is 12.5. The number of hydrogen-bond donors (Lipinski definition) is 1. The van der Waals surface area contributed by atoms with E-state index in [0.29, 0.717) is 0 Å². The summed E-state index contributed by atoms with van der Waals surface area (Å²) in [4.78, 5) is 21.9. The molecule has 2 fully saturated rings. The lowest BCUT2D eigenvalue weighted by molar-refractivity contribution is -0.205. The van der Waals surface area contributed by atoms with Crippen LogP contribution >= 0.6 is 0 Å². The minimum absolute atomic E-state index is 0.00759. The molecule has 35 heavy (non-hydrogen) atoms. The van der Waals surface area contributed by atoms with Gasteiger partial charge in [0.1, 0.15) is 6.10 Å². The van der Waals surface area contributed by atoms with Crippen molar-refractivity contribution in [3.05, 3.63) is 0 Å². The highest BCUT2D eigenvalue weighted by Gasteiger charge is 2.53. The molecule has 0 aromatic heterocycles. The van der Waals surface area contributed by atoms with E-state index >= 15 is 0 Å².